The Kier molecular flexibility index (Phi) is 47.2. The summed E-state index contributed by atoms with van der Waals surface area (Å²) in [7, 11) is 0. The van der Waals surface area contributed by atoms with Gasteiger partial charge in [0.1, 0.15) is 6.10 Å². The molecule has 0 saturated heterocycles. The third-order valence-corrected chi connectivity index (χ3v) is 11.6. The van der Waals surface area contributed by atoms with Crippen LogP contribution in [0.25, 0.3) is 0 Å². The van der Waals surface area contributed by atoms with Crippen LogP contribution in [-0.2, 0) is 14.3 Å². The van der Waals surface area contributed by atoms with Crippen LogP contribution in [0, 0.1) is 0 Å². The summed E-state index contributed by atoms with van der Waals surface area (Å²) in [5.41, 5.74) is 0. The van der Waals surface area contributed by atoms with Crippen LogP contribution >= 0.6 is 0 Å². The molecule has 0 radical (unpaired) electrons. The molecule has 0 saturated carbocycles. The van der Waals surface area contributed by atoms with E-state index in [4.69, 9.17) is 4.74 Å². The number of carbonyl (C=O) groups excluding carboxylic acids is 2. The number of hydrogen-bond donors (Lipinski definition) is 3. The molecule has 0 aliphatic carbocycles. The van der Waals surface area contributed by atoms with Gasteiger partial charge in [-0.05, 0) is 70.6 Å². The van der Waals surface area contributed by atoms with E-state index in [0.717, 1.165) is 89.9 Å². The summed E-state index contributed by atoms with van der Waals surface area (Å²) in [5.74, 6) is -0.511. The van der Waals surface area contributed by atoms with Gasteiger partial charge in [-0.15, -0.1) is 0 Å². The van der Waals surface area contributed by atoms with Gasteiger partial charge in [-0.1, -0.05) is 235 Å². The van der Waals surface area contributed by atoms with Gasteiger partial charge in [0.05, 0.1) is 25.2 Å². The first-order valence-corrected chi connectivity index (χ1v) is 26.2. The third kappa shape index (κ3) is 43.9. The minimum atomic E-state index is -0.796. The average Bonchev–Trinajstić information content (AvgIpc) is 3.26. The fraction of sp³-hybridized carbons (Fsp3) is 0.750. The fourth-order valence-corrected chi connectivity index (χ4v) is 7.63. The SMILES string of the molecule is CCC/C=C/C=C/C=C/C=C/C=C/CCCCCCCC(=O)OC(CCCCCCC/C=C\CCCCCC)CC(=O)NC(CO)C(O)CCCCCCCCCCCCCC. The molecule has 358 valence electrons. The lowest BCUT2D eigenvalue weighted by atomic mass is 10.0. The highest BCUT2D eigenvalue weighted by Crippen LogP contribution is 2.18. The standard InChI is InChI=1S/C56H99NO5/c1-4-7-10-13-16-19-22-25-26-27-28-29-31-34-37-40-43-46-49-56(61)62-52(47-44-41-38-35-32-30-23-20-17-14-11-8-5-2)50-55(60)57-53(51-58)54(59)48-45-42-39-36-33-24-21-18-15-12-9-6-3/h10,13,16,19-20,22-23,25-29,52-54,58-59H,4-9,11-12,14-15,17-18,21,24,30-51H2,1-3H3,(H,57,60)/b13-10+,19-16+,23-20-,25-22+,27-26+,29-28+. The number of ether oxygens (including phenoxy) is 1. The van der Waals surface area contributed by atoms with Crippen molar-refractivity contribution in [3.8, 4) is 0 Å². The number of aliphatic hydroxyl groups is 2. The average molecular weight is 866 g/mol. The normalized spacial score (nSPS) is 13.8. The van der Waals surface area contributed by atoms with E-state index in [1.165, 1.54) is 109 Å². The molecule has 0 spiro atoms. The molecule has 62 heavy (non-hydrogen) atoms. The Morgan fingerprint density at radius 2 is 0.871 bits per heavy atom. The van der Waals surface area contributed by atoms with Crippen LogP contribution in [0.2, 0.25) is 0 Å². The van der Waals surface area contributed by atoms with Gasteiger partial charge in [0.2, 0.25) is 5.91 Å². The molecule has 0 bridgehead atoms. The van der Waals surface area contributed by atoms with Gasteiger partial charge in [-0.3, -0.25) is 9.59 Å². The van der Waals surface area contributed by atoms with Gasteiger partial charge in [-0.25, -0.2) is 0 Å². The van der Waals surface area contributed by atoms with Crippen molar-refractivity contribution in [1.29, 1.82) is 0 Å². The Labute approximate surface area is 383 Å². The smallest absolute Gasteiger partial charge is 0.306 e. The van der Waals surface area contributed by atoms with Crippen LogP contribution in [0.15, 0.2) is 72.9 Å². The highest BCUT2D eigenvalue weighted by atomic mass is 16.5. The van der Waals surface area contributed by atoms with Crippen LogP contribution < -0.4 is 5.32 Å². The van der Waals surface area contributed by atoms with Crippen molar-refractivity contribution in [2.45, 2.75) is 264 Å². The van der Waals surface area contributed by atoms with Gasteiger partial charge < -0.3 is 20.3 Å². The summed E-state index contributed by atoms with van der Waals surface area (Å²) >= 11 is 0. The van der Waals surface area contributed by atoms with Gasteiger partial charge >= 0.3 is 5.97 Å². The molecule has 3 atom stereocenters. The van der Waals surface area contributed by atoms with Crippen molar-refractivity contribution in [3.63, 3.8) is 0 Å². The first-order valence-electron chi connectivity index (χ1n) is 26.2. The predicted octanol–water partition coefficient (Wildman–Crippen LogP) is 15.8. The molecular weight excluding hydrogens is 767 g/mol. The molecule has 0 aromatic carbocycles. The lowest BCUT2D eigenvalue weighted by molar-refractivity contribution is -0.151. The summed E-state index contributed by atoms with van der Waals surface area (Å²) in [5, 5.41) is 23.8. The van der Waals surface area contributed by atoms with E-state index < -0.39 is 18.2 Å². The highest BCUT2D eigenvalue weighted by Gasteiger charge is 2.24. The van der Waals surface area contributed by atoms with Crippen molar-refractivity contribution < 1.29 is 24.5 Å². The Bertz CT molecular complexity index is 1150. The Morgan fingerprint density at radius 3 is 1.37 bits per heavy atom. The minimum Gasteiger partial charge on any atom is -0.462 e. The topological polar surface area (TPSA) is 95.9 Å². The van der Waals surface area contributed by atoms with Crippen LogP contribution in [0.5, 0.6) is 0 Å². The third-order valence-electron chi connectivity index (χ3n) is 11.6. The molecule has 3 unspecified atom stereocenters. The maximum absolute atomic E-state index is 13.2. The van der Waals surface area contributed by atoms with E-state index >= 15 is 0 Å². The van der Waals surface area contributed by atoms with Crippen molar-refractivity contribution in [1.82, 2.24) is 5.32 Å². The van der Waals surface area contributed by atoms with E-state index in [0.29, 0.717) is 19.3 Å². The molecule has 3 N–H and O–H groups in total. The highest BCUT2D eigenvalue weighted by molar-refractivity contribution is 5.77. The van der Waals surface area contributed by atoms with Gasteiger partial charge in [-0.2, -0.15) is 0 Å². The van der Waals surface area contributed by atoms with Crippen LogP contribution in [0.1, 0.15) is 245 Å². The number of esters is 1. The molecule has 0 aliphatic heterocycles. The summed E-state index contributed by atoms with van der Waals surface area (Å²) in [4.78, 5) is 26.2. The second kappa shape index (κ2) is 49.3. The summed E-state index contributed by atoms with van der Waals surface area (Å²) < 4.78 is 5.92. The molecule has 0 aromatic rings. The molecule has 6 nitrogen and oxygen atoms in total. The quantitative estimate of drug-likeness (QED) is 0.0245. The van der Waals surface area contributed by atoms with Crippen LogP contribution in [0.4, 0.5) is 0 Å². The Balaban J connectivity index is 4.64. The summed E-state index contributed by atoms with van der Waals surface area (Å²) in [6.07, 6.45) is 62.3. The number of carbonyl (C=O) groups is 2. The monoisotopic (exact) mass is 866 g/mol. The van der Waals surface area contributed by atoms with Crippen molar-refractivity contribution in [2.24, 2.45) is 0 Å². The Morgan fingerprint density at radius 1 is 0.468 bits per heavy atom. The van der Waals surface area contributed by atoms with E-state index in [1.807, 2.05) is 24.3 Å². The molecule has 0 heterocycles. The van der Waals surface area contributed by atoms with Gasteiger partial charge in [0.15, 0.2) is 0 Å². The second-order valence-corrected chi connectivity index (χ2v) is 17.7. The zero-order valence-electron chi connectivity index (χ0n) is 40.7. The maximum atomic E-state index is 13.2. The summed E-state index contributed by atoms with van der Waals surface area (Å²) in [6, 6.07) is -0.712. The van der Waals surface area contributed by atoms with E-state index in [2.05, 4.69) is 74.7 Å². The van der Waals surface area contributed by atoms with Crippen molar-refractivity contribution >= 4 is 11.9 Å². The zero-order valence-corrected chi connectivity index (χ0v) is 40.7. The number of allylic oxidation sites excluding steroid dienone is 12. The van der Waals surface area contributed by atoms with Crippen LogP contribution in [-0.4, -0.2) is 46.9 Å². The first-order chi connectivity index (χ1) is 30.5. The number of aliphatic hydroxyl groups excluding tert-OH is 2. The molecule has 0 aliphatic rings. The maximum Gasteiger partial charge on any atom is 0.306 e. The van der Waals surface area contributed by atoms with E-state index in [-0.39, 0.29) is 24.9 Å². The van der Waals surface area contributed by atoms with E-state index in [1.54, 1.807) is 0 Å². The number of amides is 1. The van der Waals surface area contributed by atoms with Crippen molar-refractivity contribution in [3.05, 3.63) is 72.9 Å². The minimum absolute atomic E-state index is 0.0589. The molecule has 0 aromatic heterocycles. The number of rotatable bonds is 46. The zero-order chi connectivity index (χ0) is 45.2. The van der Waals surface area contributed by atoms with Gasteiger partial charge in [0, 0.05) is 6.42 Å². The number of unbranched alkanes of at least 4 members (excludes halogenated alkanes) is 26. The van der Waals surface area contributed by atoms with Crippen LogP contribution in [0.3, 0.4) is 0 Å². The number of nitrogens with one attached hydrogen (secondary N) is 1. The largest absolute Gasteiger partial charge is 0.462 e. The molecular formula is C56H99NO5. The number of hydrogen-bond acceptors (Lipinski definition) is 5. The fourth-order valence-electron chi connectivity index (χ4n) is 7.63. The lowest BCUT2D eigenvalue weighted by Gasteiger charge is -2.24. The molecule has 0 rings (SSSR count). The van der Waals surface area contributed by atoms with Crippen molar-refractivity contribution in [2.75, 3.05) is 6.61 Å². The summed E-state index contributed by atoms with van der Waals surface area (Å²) in [6.45, 7) is 6.37. The molecule has 0 fully saturated rings. The molecule has 6 heteroatoms. The molecule has 1 amide bonds. The Hall–Kier alpha value is -2.70. The first kappa shape index (κ1) is 59.3. The van der Waals surface area contributed by atoms with E-state index in [9.17, 15) is 19.8 Å². The second-order valence-electron chi connectivity index (χ2n) is 17.7. The van der Waals surface area contributed by atoms with Gasteiger partial charge in [0.25, 0.3) is 0 Å². The predicted molar refractivity (Wildman–Crippen MR) is 268 cm³/mol. The lowest BCUT2D eigenvalue weighted by Crippen LogP contribution is -2.46.